The Morgan fingerprint density at radius 2 is 1.84 bits per heavy atom. The van der Waals surface area contributed by atoms with Gasteiger partial charge in [0.15, 0.2) is 11.5 Å². The van der Waals surface area contributed by atoms with Crippen LogP contribution in [0.3, 0.4) is 0 Å². The van der Waals surface area contributed by atoms with Gasteiger partial charge in [-0.2, -0.15) is 0 Å². The lowest BCUT2D eigenvalue weighted by Gasteiger charge is -2.29. The Labute approximate surface area is 184 Å². The minimum Gasteiger partial charge on any atom is -0.493 e. The number of carbonyl (C=O) groups is 1. The molecule has 6 heteroatoms. The second-order valence-electron chi connectivity index (χ2n) is 8.27. The van der Waals surface area contributed by atoms with Gasteiger partial charge in [0.2, 0.25) is 0 Å². The summed E-state index contributed by atoms with van der Waals surface area (Å²) in [5, 5.41) is 0. The first-order chi connectivity index (χ1) is 15.2. The molecule has 2 aromatic rings. The summed E-state index contributed by atoms with van der Waals surface area (Å²) in [6.45, 7) is 4.13. The number of ether oxygens (including phenoxy) is 3. The number of nitrogens with zero attached hydrogens (tertiary/aromatic N) is 2. The van der Waals surface area contributed by atoms with Gasteiger partial charge in [0.05, 0.1) is 19.8 Å². The third-order valence-electron chi connectivity index (χ3n) is 6.46. The van der Waals surface area contributed by atoms with Crippen LogP contribution in [0.4, 0.5) is 0 Å². The van der Waals surface area contributed by atoms with E-state index in [0.29, 0.717) is 35.6 Å². The van der Waals surface area contributed by atoms with Crippen LogP contribution in [0.1, 0.15) is 29.6 Å². The average molecular weight is 425 g/mol. The molecule has 2 aromatic carbocycles. The second-order valence-corrected chi connectivity index (χ2v) is 8.27. The molecule has 2 heterocycles. The van der Waals surface area contributed by atoms with Crippen LogP contribution in [0, 0.1) is 5.92 Å². The zero-order valence-electron chi connectivity index (χ0n) is 18.5. The first kappa shape index (κ1) is 21.5. The van der Waals surface area contributed by atoms with Gasteiger partial charge in [-0.05, 0) is 49.6 Å². The summed E-state index contributed by atoms with van der Waals surface area (Å²) in [5.74, 6) is 2.52. The van der Waals surface area contributed by atoms with E-state index in [0.717, 1.165) is 31.9 Å². The van der Waals surface area contributed by atoms with E-state index in [4.69, 9.17) is 14.2 Å². The Hall–Kier alpha value is -2.73. The van der Waals surface area contributed by atoms with Gasteiger partial charge in [-0.25, -0.2) is 0 Å². The highest BCUT2D eigenvalue weighted by molar-refractivity contribution is 5.98. The molecule has 0 aliphatic carbocycles. The van der Waals surface area contributed by atoms with Gasteiger partial charge < -0.3 is 19.1 Å². The molecule has 0 N–H and O–H groups in total. The molecule has 0 radical (unpaired) electrons. The van der Waals surface area contributed by atoms with Crippen LogP contribution >= 0.6 is 0 Å². The van der Waals surface area contributed by atoms with Crippen LogP contribution in [0.5, 0.6) is 17.2 Å². The molecule has 166 valence electrons. The maximum atomic E-state index is 13.4. The number of amides is 1. The number of rotatable bonds is 7. The molecular formula is C25H32N2O4. The first-order valence-corrected chi connectivity index (χ1v) is 11.1. The minimum atomic E-state index is 0.0179. The Balaban J connectivity index is 1.43. The molecule has 2 atom stereocenters. The van der Waals surface area contributed by atoms with E-state index in [1.54, 1.807) is 14.2 Å². The lowest BCUT2D eigenvalue weighted by Crippen LogP contribution is -2.43. The zero-order valence-corrected chi connectivity index (χ0v) is 18.5. The molecule has 6 nitrogen and oxygen atoms in total. The fraction of sp³-hybridized carbons (Fsp3) is 0.480. The molecule has 0 aromatic heterocycles. The number of fused-ring (bicyclic) bond motifs is 1. The normalized spacial score (nSPS) is 21.3. The van der Waals surface area contributed by atoms with E-state index >= 15 is 0 Å². The van der Waals surface area contributed by atoms with Crippen molar-refractivity contribution >= 4 is 5.91 Å². The number of likely N-dealkylation sites (tertiary alicyclic amines) is 2. The van der Waals surface area contributed by atoms with Crippen molar-refractivity contribution in [3.63, 3.8) is 0 Å². The van der Waals surface area contributed by atoms with Crippen LogP contribution in [-0.4, -0.2) is 68.8 Å². The van der Waals surface area contributed by atoms with E-state index in [2.05, 4.69) is 4.90 Å². The highest BCUT2D eigenvalue weighted by Gasteiger charge is 2.40. The average Bonchev–Trinajstić information content (AvgIpc) is 3.15. The summed E-state index contributed by atoms with van der Waals surface area (Å²) < 4.78 is 16.8. The highest BCUT2D eigenvalue weighted by atomic mass is 16.5. The van der Waals surface area contributed by atoms with Crippen molar-refractivity contribution in [1.29, 1.82) is 0 Å². The fourth-order valence-corrected chi connectivity index (χ4v) is 4.91. The Morgan fingerprint density at radius 1 is 1.00 bits per heavy atom. The van der Waals surface area contributed by atoms with E-state index < -0.39 is 0 Å². The molecule has 31 heavy (non-hydrogen) atoms. The number of methoxy groups -OCH3 is 2. The van der Waals surface area contributed by atoms with E-state index in [9.17, 15) is 4.79 Å². The molecule has 0 saturated carbocycles. The van der Waals surface area contributed by atoms with Crippen LogP contribution in [0.15, 0.2) is 48.5 Å². The summed E-state index contributed by atoms with van der Waals surface area (Å²) in [4.78, 5) is 17.9. The van der Waals surface area contributed by atoms with Gasteiger partial charge in [0, 0.05) is 25.7 Å². The summed E-state index contributed by atoms with van der Waals surface area (Å²) in [6.07, 6.45) is 3.58. The Morgan fingerprint density at radius 3 is 2.61 bits per heavy atom. The van der Waals surface area contributed by atoms with Crippen molar-refractivity contribution in [2.24, 2.45) is 5.92 Å². The van der Waals surface area contributed by atoms with Gasteiger partial charge in [0.25, 0.3) is 5.91 Å². The van der Waals surface area contributed by atoms with Gasteiger partial charge in [-0.15, -0.1) is 0 Å². The quantitative estimate of drug-likeness (QED) is 0.678. The summed E-state index contributed by atoms with van der Waals surface area (Å²) in [6, 6.07) is 15.8. The number of hydrogen-bond donors (Lipinski definition) is 0. The highest BCUT2D eigenvalue weighted by Crippen LogP contribution is 2.35. The predicted octanol–water partition coefficient (Wildman–Crippen LogP) is 3.71. The number of para-hydroxylation sites is 2. The van der Waals surface area contributed by atoms with Crippen LogP contribution < -0.4 is 14.2 Å². The summed E-state index contributed by atoms with van der Waals surface area (Å²) >= 11 is 0. The summed E-state index contributed by atoms with van der Waals surface area (Å²) in [5.41, 5.74) is 0.567. The Kier molecular flexibility index (Phi) is 6.97. The molecule has 0 bridgehead atoms. The molecule has 2 fully saturated rings. The van der Waals surface area contributed by atoms with E-state index in [-0.39, 0.29) is 5.91 Å². The van der Waals surface area contributed by atoms with Crippen molar-refractivity contribution < 1.29 is 19.0 Å². The zero-order chi connectivity index (χ0) is 21.6. The maximum absolute atomic E-state index is 13.4. The number of carbonyl (C=O) groups excluding carboxylic acids is 1. The van der Waals surface area contributed by atoms with Crippen molar-refractivity contribution in [1.82, 2.24) is 9.80 Å². The van der Waals surface area contributed by atoms with E-state index in [1.165, 1.54) is 19.3 Å². The number of hydrogen-bond acceptors (Lipinski definition) is 5. The van der Waals surface area contributed by atoms with Gasteiger partial charge in [-0.3, -0.25) is 9.69 Å². The predicted molar refractivity (Wildman–Crippen MR) is 120 cm³/mol. The largest absolute Gasteiger partial charge is 0.493 e. The number of benzene rings is 2. The van der Waals surface area contributed by atoms with Gasteiger partial charge in [-0.1, -0.05) is 30.7 Å². The van der Waals surface area contributed by atoms with Crippen molar-refractivity contribution in [3.8, 4) is 17.2 Å². The van der Waals surface area contributed by atoms with Gasteiger partial charge >= 0.3 is 0 Å². The van der Waals surface area contributed by atoms with Crippen molar-refractivity contribution in [2.75, 3.05) is 47.0 Å². The first-order valence-electron chi connectivity index (χ1n) is 11.1. The van der Waals surface area contributed by atoms with Crippen LogP contribution in [0.25, 0.3) is 0 Å². The fourth-order valence-electron chi connectivity index (χ4n) is 4.91. The molecule has 2 aliphatic heterocycles. The van der Waals surface area contributed by atoms with E-state index in [1.807, 2.05) is 53.4 Å². The lowest BCUT2D eigenvalue weighted by atomic mass is 9.98. The molecule has 2 aliphatic rings. The smallest absolute Gasteiger partial charge is 0.257 e. The lowest BCUT2D eigenvalue weighted by molar-refractivity contribution is 0.0767. The molecule has 0 unspecified atom stereocenters. The monoisotopic (exact) mass is 424 g/mol. The van der Waals surface area contributed by atoms with Crippen molar-refractivity contribution in [3.05, 3.63) is 54.1 Å². The molecule has 1 amide bonds. The molecule has 2 saturated heterocycles. The van der Waals surface area contributed by atoms with Gasteiger partial charge in [0.1, 0.15) is 12.4 Å². The standard InChI is InChI=1S/C25H32N2O4/c1-29-23-13-8-12-21(24(23)30-2)25(28)27-17-19-9-6-7-14-26(22(19)18-27)15-16-31-20-10-4-3-5-11-20/h3-5,8,10-13,19,22H,6-7,9,14-18H2,1-2H3/t19-,22+/m0/s1. The summed E-state index contributed by atoms with van der Waals surface area (Å²) in [7, 11) is 3.17. The third-order valence-corrected chi connectivity index (χ3v) is 6.46. The minimum absolute atomic E-state index is 0.0179. The van der Waals surface area contributed by atoms with Crippen LogP contribution in [-0.2, 0) is 0 Å². The SMILES string of the molecule is COc1cccc(C(=O)N2C[C@@H]3CCCCN(CCOc4ccccc4)[C@@H]3C2)c1OC. The second kappa shape index (κ2) is 10.1. The molecule has 0 spiro atoms. The van der Waals surface area contributed by atoms with Crippen molar-refractivity contribution in [2.45, 2.75) is 25.3 Å². The Bertz CT molecular complexity index is 873. The third kappa shape index (κ3) is 4.79. The molecular weight excluding hydrogens is 392 g/mol. The maximum Gasteiger partial charge on any atom is 0.257 e. The van der Waals surface area contributed by atoms with Crippen LogP contribution in [0.2, 0.25) is 0 Å². The molecule has 4 rings (SSSR count). The topological polar surface area (TPSA) is 51.2 Å².